The second kappa shape index (κ2) is 7.87. The van der Waals surface area contributed by atoms with Crippen LogP contribution in [0.5, 0.6) is 11.5 Å². The highest BCUT2D eigenvalue weighted by Crippen LogP contribution is 2.49. The number of pyridine rings is 1. The summed E-state index contributed by atoms with van der Waals surface area (Å²) in [6.07, 6.45) is 7.95. The summed E-state index contributed by atoms with van der Waals surface area (Å²) in [6, 6.07) is 9.80. The minimum Gasteiger partial charge on any atom is -0.493 e. The number of fused-ring (bicyclic) bond motifs is 1. The lowest BCUT2D eigenvalue weighted by atomic mass is 9.68. The molecule has 4 rings (SSSR count). The molecule has 2 unspecified atom stereocenters. The van der Waals surface area contributed by atoms with Crippen molar-refractivity contribution >= 4 is 5.97 Å². The molecule has 2 atom stereocenters. The Morgan fingerprint density at radius 1 is 1.17 bits per heavy atom. The van der Waals surface area contributed by atoms with Crippen LogP contribution in [-0.4, -0.2) is 49.7 Å². The zero-order chi connectivity index (χ0) is 20.4. The fourth-order valence-corrected chi connectivity index (χ4v) is 4.60. The van der Waals surface area contributed by atoms with Gasteiger partial charge in [0.2, 0.25) is 0 Å². The van der Waals surface area contributed by atoms with Crippen LogP contribution >= 0.6 is 0 Å². The number of nitrogens with zero attached hydrogens (tertiary/aromatic N) is 2. The molecule has 1 aromatic carbocycles. The van der Waals surface area contributed by atoms with Crippen molar-refractivity contribution in [3.05, 3.63) is 65.7 Å². The fourth-order valence-electron chi connectivity index (χ4n) is 4.60. The molecular weight excluding hydrogens is 368 g/mol. The number of carbonyl (C=O) groups excluding carboxylic acids is 1. The Morgan fingerprint density at radius 3 is 2.72 bits per heavy atom. The largest absolute Gasteiger partial charge is 0.493 e. The van der Waals surface area contributed by atoms with Gasteiger partial charge in [0.25, 0.3) is 0 Å². The summed E-state index contributed by atoms with van der Waals surface area (Å²) in [7, 11) is 5.43. The van der Waals surface area contributed by atoms with E-state index in [-0.39, 0.29) is 17.4 Å². The first-order valence-electron chi connectivity index (χ1n) is 9.83. The van der Waals surface area contributed by atoms with Crippen LogP contribution in [0.15, 0.2) is 54.6 Å². The molecule has 1 aliphatic carbocycles. The normalized spacial score (nSPS) is 23.8. The zero-order valence-electron chi connectivity index (χ0n) is 17.1. The molecule has 152 valence electrons. The number of allylic oxidation sites excluding steroid dienone is 1. The standard InChI is InChI=1S/C23H26N2O4/c1-25-12-10-23(17-6-7-19(27-2)20(13-17)28-3)9-8-18(14-21(23)25)29-22(26)16-5-4-11-24-15-16/h4-7,11,13-15,21H,8-10,12H2,1-3H3. The maximum atomic E-state index is 12.4. The molecule has 2 aromatic rings. The maximum Gasteiger partial charge on any atom is 0.344 e. The van der Waals surface area contributed by atoms with Crippen LogP contribution in [0.4, 0.5) is 0 Å². The minimum absolute atomic E-state index is 0.0293. The SMILES string of the molecule is COc1ccc(C23CCC(OC(=O)c4cccnc4)=CC2N(C)CC3)cc1OC. The Morgan fingerprint density at radius 2 is 2.00 bits per heavy atom. The quantitative estimate of drug-likeness (QED) is 0.723. The van der Waals surface area contributed by atoms with Crippen LogP contribution < -0.4 is 9.47 Å². The number of hydrogen-bond donors (Lipinski definition) is 0. The topological polar surface area (TPSA) is 60.9 Å². The van der Waals surface area contributed by atoms with Crippen molar-refractivity contribution in [2.24, 2.45) is 0 Å². The number of hydrogen-bond acceptors (Lipinski definition) is 6. The molecule has 2 heterocycles. The van der Waals surface area contributed by atoms with Crippen LogP contribution in [0.25, 0.3) is 0 Å². The molecule has 29 heavy (non-hydrogen) atoms. The minimum atomic E-state index is -0.358. The monoisotopic (exact) mass is 394 g/mol. The van der Waals surface area contributed by atoms with Crippen LogP contribution in [-0.2, 0) is 10.2 Å². The number of likely N-dealkylation sites (tertiary alicyclic amines) is 1. The van der Waals surface area contributed by atoms with Crippen LogP contribution in [0.1, 0.15) is 35.2 Å². The highest BCUT2D eigenvalue weighted by molar-refractivity contribution is 5.89. The number of benzene rings is 1. The Balaban J connectivity index is 1.62. The molecule has 0 amide bonds. The Hall–Kier alpha value is -2.86. The summed E-state index contributed by atoms with van der Waals surface area (Å²) in [5.41, 5.74) is 1.67. The van der Waals surface area contributed by atoms with Gasteiger partial charge in [-0.1, -0.05) is 6.07 Å². The van der Waals surface area contributed by atoms with E-state index in [4.69, 9.17) is 14.2 Å². The van der Waals surface area contributed by atoms with E-state index in [1.54, 1.807) is 32.5 Å². The van der Waals surface area contributed by atoms with Gasteiger partial charge in [0.1, 0.15) is 5.76 Å². The van der Waals surface area contributed by atoms with Crippen molar-refractivity contribution in [2.75, 3.05) is 27.8 Å². The molecule has 0 spiro atoms. The number of esters is 1. The predicted molar refractivity (Wildman–Crippen MR) is 109 cm³/mol. The van der Waals surface area contributed by atoms with Gasteiger partial charge in [-0.25, -0.2) is 4.79 Å². The van der Waals surface area contributed by atoms with Gasteiger partial charge in [0.15, 0.2) is 11.5 Å². The third kappa shape index (κ3) is 3.49. The molecule has 0 N–H and O–H groups in total. The van der Waals surface area contributed by atoms with E-state index in [1.165, 1.54) is 11.8 Å². The first-order chi connectivity index (χ1) is 14.1. The van der Waals surface area contributed by atoms with E-state index in [0.29, 0.717) is 12.0 Å². The third-order valence-electron chi connectivity index (χ3n) is 6.19. The molecule has 6 heteroatoms. The number of likely N-dealkylation sites (N-methyl/N-ethyl adjacent to an activating group) is 1. The second-order valence-electron chi connectivity index (χ2n) is 7.67. The number of aromatic nitrogens is 1. The summed E-state index contributed by atoms with van der Waals surface area (Å²) < 4.78 is 16.6. The molecule has 0 radical (unpaired) electrons. The first kappa shape index (κ1) is 19.5. The molecular formula is C23H26N2O4. The van der Waals surface area contributed by atoms with Gasteiger partial charge in [-0.2, -0.15) is 0 Å². The van der Waals surface area contributed by atoms with E-state index in [0.717, 1.165) is 36.6 Å². The fraction of sp³-hybridized carbons (Fsp3) is 0.391. The lowest BCUT2D eigenvalue weighted by molar-refractivity contribution is 0.0593. The van der Waals surface area contributed by atoms with Crippen molar-refractivity contribution in [3.8, 4) is 11.5 Å². The lowest BCUT2D eigenvalue weighted by Gasteiger charge is -2.40. The van der Waals surface area contributed by atoms with Crippen molar-refractivity contribution in [2.45, 2.75) is 30.7 Å². The van der Waals surface area contributed by atoms with Crippen LogP contribution in [0.2, 0.25) is 0 Å². The molecule has 0 bridgehead atoms. The van der Waals surface area contributed by atoms with E-state index in [1.807, 2.05) is 6.07 Å². The molecule has 2 aliphatic rings. The van der Waals surface area contributed by atoms with Gasteiger partial charge < -0.3 is 14.2 Å². The Bertz CT molecular complexity index is 928. The summed E-state index contributed by atoms with van der Waals surface area (Å²) >= 11 is 0. The zero-order valence-corrected chi connectivity index (χ0v) is 17.1. The van der Waals surface area contributed by atoms with Crippen LogP contribution in [0.3, 0.4) is 0 Å². The van der Waals surface area contributed by atoms with Crippen LogP contribution in [0, 0.1) is 0 Å². The number of rotatable bonds is 5. The highest BCUT2D eigenvalue weighted by Gasteiger charge is 2.48. The molecule has 6 nitrogen and oxygen atoms in total. The van der Waals surface area contributed by atoms with Crippen molar-refractivity contribution in [1.29, 1.82) is 0 Å². The van der Waals surface area contributed by atoms with Gasteiger partial charge in [-0.05, 0) is 62.3 Å². The number of ether oxygens (including phenoxy) is 3. The van der Waals surface area contributed by atoms with Crippen molar-refractivity contribution < 1.29 is 19.0 Å². The Labute approximate surface area is 171 Å². The number of methoxy groups -OCH3 is 2. The van der Waals surface area contributed by atoms with Gasteiger partial charge in [-0.15, -0.1) is 0 Å². The van der Waals surface area contributed by atoms with E-state index >= 15 is 0 Å². The van der Waals surface area contributed by atoms with E-state index in [9.17, 15) is 4.79 Å². The Kier molecular flexibility index (Phi) is 5.28. The summed E-state index contributed by atoms with van der Waals surface area (Å²) in [4.78, 5) is 18.8. The summed E-state index contributed by atoms with van der Waals surface area (Å²) in [5.74, 6) is 1.84. The lowest BCUT2D eigenvalue weighted by Crippen LogP contribution is -2.42. The van der Waals surface area contributed by atoms with Gasteiger partial charge in [0.05, 0.1) is 19.8 Å². The van der Waals surface area contributed by atoms with Crippen molar-refractivity contribution in [1.82, 2.24) is 9.88 Å². The van der Waals surface area contributed by atoms with E-state index < -0.39 is 0 Å². The molecule has 0 saturated carbocycles. The first-order valence-corrected chi connectivity index (χ1v) is 9.83. The molecule has 1 saturated heterocycles. The van der Waals surface area contributed by atoms with Gasteiger partial charge in [-0.3, -0.25) is 9.88 Å². The predicted octanol–water partition coefficient (Wildman–Crippen LogP) is 3.58. The van der Waals surface area contributed by atoms with Crippen molar-refractivity contribution in [3.63, 3.8) is 0 Å². The average molecular weight is 394 g/mol. The second-order valence-corrected chi connectivity index (χ2v) is 7.67. The average Bonchev–Trinajstić information content (AvgIpc) is 3.11. The highest BCUT2D eigenvalue weighted by atomic mass is 16.5. The number of carbonyl (C=O) groups is 1. The molecule has 1 aliphatic heterocycles. The maximum absolute atomic E-state index is 12.4. The van der Waals surface area contributed by atoms with Gasteiger partial charge >= 0.3 is 5.97 Å². The van der Waals surface area contributed by atoms with Gasteiger partial charge in [0, 0.05) is 30.3 Å². The molecule has 1 fully saturated rings. The smallest absolute Gasteiger partial charge is 0.344 e. The summed E-state index contributed by atoms with van der Waals surface area (Å²) in [6.45, 7) is 0.985. The molecule has 1 aromatic heterocycles. The summed E-state index contributed by atoms with van der Waals surface area (Å²) in [5, 5.41) is 0. The van der Waals surface area contributed by atoms with E-state index in [2.05, 4.69) is 35.1 Å². The third-order valence-corrected chi connectivity index (χ3v) is 6.19.